The van der Waals surface area contributed by atoms with Gasteiger partial charge in [-0.2, -0.15) is 0 Å². The van der Waals surface area contributed by atoms with Crippen LogP contribution in [0.2, 0.25) is 0 Å². The highest BCUT2D eigenvalue weighted by Gasteiger charge is 2.24. The van der Waals surface area contributed by atoms with Crippen LogP contribution in [0.3, 0.4) is 0 Å². The minimum Gasteiger partial charge on any atom is -0.384 e. The van der Waals surface area contributed by atoms with Crippen molar-refractivity contribution in [2.75, 3.05) is 39.9 Å². The van der Waals surface area contributed by atoms with Gasteiger partial charge >= 0.3 is 0 Å². The van der Waals surface area contributed by atoms with Crippen molar-refractivity contribution in [1.29, 1.82) is 0 Å². The summed E-state index contributed by atoms with van der Waals surface area (Å²) in [7, 11) is 1.78. The van der Waals surface area contributed by atoms with Gasteiger partial charge in [0.25, 0.3) is 0 Å². The molecule has 25 heavy (non-hydrogen) atoms. The fourth-order valence-corrected chi connectivity index (χ4v) is 3.75. The molecule has 0 amide bonds. The molecule has 5 heteroatoms. The van der Waals surface area contributed by atoms with E-state index in [0.717, 1.165) is 45.2 Å². The number of H-pyrrole nitrogens is 1. The van der Waals surface area contributed by atoms with Crippen molar-refractivity contribution in [3.63, 3.8) is 0 Å². The van der Waals surface area contributed by atoms with Gasteiger partial charge in [-0.3, -0.25) is 4.99 Å². The van der Waals surface area contributed by atoms with E-state index < -0.39 is 0 Å². The van der Waals surface area contributed by atoms with Crippen LogP contribution >= 0.6 is 0 Å². The lowest BCUT2D eigenvalue weighted by atomic mass is 10.1. The number of benzene rings is 1. The molecule has 0 aliphatic carbocycles. The molecule has 2 N–H and O–H groups in total. The Morgan fingerprint density at radius 2 is 2.32 bits per heavy atom. The Morgan fingerprint density at radius 3 is 3.12 bits per heavy atom. The highest BCUT2D eigenvalue weighted by molar-refractivity contribution is 5.86. The molecular formula is C20H30N4O. The molecule has 1 unspecified atom stereocenters. The standard InChI is InChI=1S/C20H30N4O/c1-4-21-20(24-11-9-16(13-24)14-25-3)22-10-8-17-12-23-18-7-5-6-15(2)19(17)18/h5-7,12,16,23H,4,8-11,13-14H2,1-3H3,(H,21,22). The van der Waals surface area contributed by atoms with E-state index in [2.05, 4.69) is 53.4 Å². The van der Waals surface area contributed by atoms with Gasteiger partial charge in [-0.15, -0.1) is 0 Å². The SMILES string of the molecule is CCNC(=NCCc1c[nH]c2cccc(C)c12)N1CCC(COC)C1. The van der Waals surface area contributed by atoms with Crippen molar-refractivity contribution in [3.05, 3.63) is 35.5 Å². The Kier molecular flexibility index (Phi) is 5.97. The van der Waals surface area contributed by atoms with Crippen LogP contribution in [-0.2, 0) is 11.2 Å². The number of hydrogen-bond donors (Lipinski definition) is 2. The molecule has 1 aliphatic rings. The minimum atomic E-state index is 0.616. The predicted molar refractivity (Wildman–Crippen MR) is 104 cm³/mol. The number of methoxy groups -OCH3 is 1. The van der Waals surface area contributed by atoms with E-state index in [4.69, 9.17) is 9.73 Å². The Morgan fingerprint density at radius 1 is 1.44 bits per heavy atom. The summed E-state index contributed by atoms with van der Waals surface area (Å²) in [4.78, 5) is 10.6. The smallest absolute Gasteiger partial charge is 0.193 e. The van der Waals surface area contributed by atoms with E-state index >= 15 is 0 Å². The Labute approximate surface area is 150 Å². The van der Waals surface area contributed by atoms with E-state index in [9.17, 15) is 0 Å². The molecule has 0 radical (unpaired) electrons. The van der Waals surface area contributed by atoms with E-state index in [1.807, 2.05) is 0 Å². The summed E-state index contributed by atoms with van der Waals surface area (Å²) in [6, 6.07) is 6.41. The van der Waals surface area contributed by atoms with Gasteiger partial charge in [-0.25, -0.2) is 0 Å². The van der Waals surface area contributed by atoms with Crippen molar-refractivity contribution >= 4 is 16.9 Å². The van der Waals surface area contributed by atoms with Crippen molar-refractivity contribution in [2.45, 2.75) is 26.7 Å². The number of aliphatic imine (C=N–C) groups is 1. The van der Waals surface area contributed by atoms with Gasteiger partial charge in [0.2, 0.25) is 0 Å². The summed E-state index contributed by atoms with van der Waals surface area (Å²) in [5.41, 5.74) is 3.89. The number of guanidine groups is 1. The molecule has 1 saturated heterocycles. The molecule has 1 aliphatic heterocycles. The van der Waals surface area contributed by atoms with Crippen LogP contribution in [0.5, 0.6) is 0 Å². The Balaban J connectivity index is 1.65. The second kappa shape index (κ2) is 8.39. The van der Waals surface area contributed by atoms with Gasteiger partial charge in [-0.05, 0) is 43.9 Å². The van der Waals surface area contributed by atoms with E-state index in [1.54, 1.807) is 7.11 Å². The number of nitrogens with zero attached hydrogens (tertiary/aromatic N) is 2. The third kappa shape index (κ3) is 4.15. The van der Waals surface area contributed by atoms with Gasteiger partial charge in [-0.1, -0.05) is 12.1 Å². The molecule has 1 atom stereocenters. The van der Waals surface area contributed by atoms with E-state index in [1.165, 1.54) is 28.5 Å². The quantitative estimate of drug-likeness (QED) is 0.627. The molecule has 2 aromatic rings. The summed E-state index contributed by atoms with van der Waals surface area (Å²) < 4.78 is 5.31. The van der Waals surface area contributed by atoms with E-state index in [-0.39, 0.29) is 0 Å². The first kappa shape index (κ1) is 17.8. The highest BCUT2D eigenvalue weighted by Crippen LogP contribution is 2.22. The largest absolute Gasteiger partial charge is 0.384 e. The van der Waals surface area contributed by atoms with Crippen LogP contribution in [0.1, 0.15) is 24.5 Å². The number of ether oxygens (including phenoxy) is 1. The second-order valence-electron chi connectivity index (χ2n) is 6.85. The zero-order valence-electron chi connectivity index (χ0n) is 15.6. The van der Waals surface area contributed by atoms with Crippen LogP contribution in [0, 0.1) is 12.8 Å². The lowest BCUT2D eigenvalue weighted by molar-refractivity contribution is 0.157. The monoisotopic (exact) mass is 342 g/mol. The van der Waals surface area contributed by atoms with Gasteiger partial charge in [0.05, 0.1) is 6.61 Å². The normalized spacial score (nSPS) is 18.3. The van der Waals surface area contributed by atoms with Crippen molar-refractivity contribution in [2.24, 2.45) is 10.9 Å². The fourth-order valence-electron chi connectivity index (χ4n) is 3.75. The Bertz CT molecular complexity index is 722. The maximum absolute atomic E-state index is 5.31. The third-order valence-corrected chi connectivity index (χ3v) is 4.96. The maximum atomic E-state index is 5.31. The number of rotatable bonds is 6. The number of hydrogen-bond acceptors (Lipinski definition) is 2. The summed E-state index contributed by atoms with van der Waals surface area (Å²) >= 11 is 0. The van der Waals surface area contributed by atoms with Crippen molar-refractivity contribution < 1.29 is 4.74 Å². The third-order valence-electron chi connectivity index (χ3n) is 4.96. The van der Waals surface area contributed by atoms with Crippen LogP contribution in [-0.4, -0.2) is 55.7 Å². The topological polar surface area (TPSA) is 52.7 Å². The lowest BCUT2D eigenvalue weighted by Gasteiger charge is -2.21. The molecule has 0 bridgehead atoms. The number of fused-ring (bicyclic) bond motifs is 1. The van der Waals surface area contributed by atoms with Gasteiger partial charge in [0.1, 0.15) is 0 Å². The first-order chi connectivity index (χ1) is 12.2. The highest BCUT2D eigenvalue weighted by atomic mass is 16.5. The number of aromatic amines is 1. The van der Waals surface area contributed by atoms with Crippen LogP contribution in [0.15, 0.2) is 29.4 Å². The molecule has 1 aromatic heterocycles. The average Bonchev–Trinajstić information content (AvgIpc) is 3.22. The summed E-state index contributed by atoms with van der Waals surface area (Å²) in [6.45, 7) is 8.93. The number of nitrogens with one attached hydrogen (secondary N) is 2. The molecule has 5 nitrogen and oxygen atoms in total. The maximum Gasteiger partial charge on any atom is 0.193 e. The number of aryl methyl sites for hydroxylation is 1. The first-order valence-corrected chi connectivity index (χ1v) is 9.30. The minimum absolute atomic E-state index is 0.616. The van der Waals surface area contributed by atoms with Crippen LogP contribution in [0.25, 0.3) is 10.9 Å². The molecule has 1 aromatic carbocycles. The zero-order valence-corrected chi connectivity index (χ0v) is 15.6. The molecule has 1 fully saturated rings. The Hall–Kier alpha value is -2.01. The molecule has 3 rings (SSSR count). The molecular weight excluding hydrogens is 312 g/mol. The summed E-state index contributed by atoms with van der Waals surface area (Å²) in [5.74, 6) is 1.66. The van der Waals surface area contributed by atoms with Gasteiger partial charge in [0, 0.05) is 56.3 Å². The fraction of sp³-hybridized carbons (Fsp3) is 0.550. The average molecular weight is 342 g/mol. The van der Waals surface area contributed by atoms with Gasteiger partial charge in [0.15, 0.2) is 5.96 Å². The second-order valence-corrected chi connectivity index (χ2v) is 6.85. The molecule has 2 heterocycles. The summed E-state index contributed by atoms with van der Waals surface area (Å²) in [6.07, 6.45) is 4.26. The van der Waals surface area contributed by atoms with Crippen molar-refractivity contribution in [1.82, 2.24) is 15.2 Å². The zero-order chi connectivity index (χ0) is 17.6. The van der Waals surface area contributed by atoms with E-state index in [0.29, 0.717) is 5.92 Å². The van der Waals surface area contributed by atoms with Crippen LogP contribution in [0.4, 0.5) is 0 Å². The molecule has 0 saturated carbocycles. The van der Waals surface area contributed by atoms with Crippen LogP contribution < -0.4 is 5.32 Å². The number of aromatic nitrogens is 1. The molecule has 136 valence electrons. The molecule has 0 spiro atoms. The van der Waals surface area contributed by atoms with Gasteiger partial charge < -0.3 is 19.9 Å². The summed E-state index contributed by atoms with van der Waals surface area (Å²) in [5, 5.41) is 4.79. The number of likely N-dealkylation sites (tertiary alicyclic amines) is 1. The lowest BCUT2D eigenvalue weighted by Crippen LogP contribution is -2.40. The predicted octanol–water partition coefficient (Wildman–Crippen LogP) is 2.95. The van der Waals surface area contributed by atoms with Crippen molar-refractivity contribution in [3.8, 4) is 0 Å². The first-order valence-electron chi connectivity index (χ1n) is 9.30.